The molecule has 2 amide bonds. The fourth-order valence-corrected chi connectivity index (χ4v) is 8.14. The van der Waals surface area contributed by atoms with Gasteiger partial charge < -0.3 is 21.3 Å². The summed E-state index contributed by atoms with van der Waals surface area (Å²) in [6.07, 6.45) is -0.907. The van der Waals surface area contributed by atoms with E-state index in [1.807, 2.05) is 60.7 Å². The van der Waals surface area contributed by atoms with Gasteiger partial charge in [0.25, 0.3) is 0 Å². The number of hydrogen-bond acceptors (Lipinski definition) is 12. The van der Waals surface area contributed by atoms with Crippen LogP contribution in [-0.2, 0) is 32.6 Å². The number of anilines is 1. The fourth-order valence-electron chi connectivity index (χ4n) is 5.41. The van der Waals surface area contributed by atoms with Crippen LogP contribution in [0.5, 0.6) is 0 Å². The van der Waals surface area contributed by atoms with Gasteiger partial charge in [0.05, 0.1) is 43.8 Å². The number of nitrogens with zero attached hydrogens (tertiary/aromatic N) is 4. The number of carbonyl (C=O) groups is 2. The van der Waals surface area contributed by atoms with Crippen molar-refractivity contribution >= 4 is 39.0 Å². The average molecular weight is 705 g/mol. The van der Waals surface area contributed by atoms with Gasteiger partial charge in [-0.3, -0.25) is 4.79 Å². The number of thiophene rings is 1. The molecule has 49 heavy (non-hydrogen) atoms. The smallest absolute Gasteiger partial charge is 0.416 e. The summed E-state index contributed by atoms with van der Waals surface area (Å²) in [5.41, 5.74) is 15.1. The maximum absolute atomic E-state index is 14.0. The fraction of sp³-hybridized carbons (Fsp3) is 0.235. The SMILES string of the molecule is COC(=O)N(Cc1ccc([C@@H](CO)N(Cc2nonc2C)S(=O)(=O)c2ccc(N)cc2)s1)C(=O)[C@@H](N)C(c1ccccc1)c1ccccc1. The number of amides is 2. The zero-order valence-corrected chi connectivity index (χ0v) is 28.4. The molecule has 5 rings (SSSR count). The van der Waals surface area contributed by atoms with Crippen LogP contribution < -0.4 is 11.5 Å². The summed E-state index contributed by atoms with van der Waals surface area (Å²) in [5.74, 6) is -1.24. The molecule has 0 fully saturated rings. The minimum atomic E-state index is -4.23. The number of imide groups is 1. The molecule has 2 heterocycles. The number of aliphatic hydroxyl groups is 1. The van der Waals surface area contributed by atoms with Crippen LogP contribution in [0, 0.1) is 6.92 Å². The largest absolute Gasteiger partial charge is 0.452 e. The van der Waals surface area contributed by atoms with Crippen LogP contribution in [0.1, 0.15) is 44.2 Å². The highest BCUT2D eigenvalue weighted by molar-refractivity contribution is 7.89. The first-order valence-corrected chi connectivity index (χ1v) is 17.4. The highest BCUT2D eigenvalue weighted by Gasteiger charge is 2.37. The second kappa shape index (κ2) is 15.5. The molecule has 3 aromatic carbocycles. The first-order chi connectivity index (χ1) is 23.5. The number of aryl methyl sites for hydroxylation is 1. The van der Waals surface area contributed by atoms with Crippen LogP contribution in [0.15, 0.2) is 107 Å². The first kappa shape index (κ1) is 35.4. The van der Waals surface area contributed by atoms with Crippen molar-refractivity contribution in [3.05, 3.63) is 129 Å². The van der Waals surface area contributed by atoms with Gasteiger partial charge in [-0.05, 0) is 54.4 Å². The number of hydrogen-bond donors (Lipinski definition) is 3. The van der Waals surface area contributed by atoms with Crippen molar-refractivity contribution in [2.24, 2.45) is 5.73 Å². The number of sulfonamides is 1. The Bertz CT molecular complexity index is 1930. The van der Waals surface area contributed by atoms with E-state index in [9.17, 15) is 23.1 Å². The monoisotopic (exact) mass is 704 g/mol. The minimum Gasteiger partial charge on any atom is -0.452 e. The molecule has 13 nitrogen and oxygen atoms in total. The van der Waals surface area contributed by atoms with Crippen LogP contribution in [0.4, 0.5) is 10.5 Å². The minimum absolute atomic E-state index is 0.0473. The molecule has 0 aliphatic rings. The second-order valence-corrected chi connectivity index (χ2v) is 14.2. The van der Waals surface area contributed by atoms with Gasteiger partial charge in [0, 0.05) is 21.4 Å². The maximum atomic E-state index is 14.0. The van der Waals surface area contributed by atoms with Gasteiger partial charge in [-0.1, -0.05) is 71.0 Å². The zero-order chi connectivity index (χ0) is 35.1. The maximum Gasteiger partial charge on any atom is 0.416 e. The Morgan fingerprint density at radius 2 is 1.53 bits per heavy atom. The van der Waals surface area contributed by atoms with E-state index in [1.54, 1.807) is 19.1 Å². The van der Waals surface area contributed by atoms with Crippen LogP contribution in [-0.4, -0.2) is 64.8 Å². The van der Waals surface area contributed by atoms with Crippen LogP contribution in [0.2, 0.25) is 0 Å². The summed E-state index contributed by atoms with van der Waals surface area (Å²) in [6.45, 7) is 0.553. The number of benzene rings is 3. The van der Waals surface area contributed by atoms with E-state index in [1.165, 1.54) is 31.4 Å². The molecule has 0 bridgehead atoms. The lowest BCUT2D eigenvalue weighted by molar-refractivity contribution is -0.131. The molecule has 2 atom stereocenters. The number of carbonyl (C=O) groups excluding carboxylic acids is 2. The average Bonchev–Trinajstić information content (AvgIpc) is 3.76. The highest BCUT2D eigenvalue weighted by Crippen LogP contribution is 2.35. The lowest BCUT2D eigenvalue weighted by Crippen LogP contribution is -2.49. The third-order valence-corrected chi connectivity index (χ3v) is 11.0. The molecule has 0 aliphatic heterocycles. The molecule has 0 radical (unpaired) electrons. The van der Waals surface area contributed by atoms with E-state index in [0.29, 0.717) is 21.1 Å². The number of methoxy groups -OCH3 is 1. The summed E-state index contributed by atoms with van der Waals surface area (Å²) in [5, 5.41) is 18.2. The molecular weight excluding hydrogens is 669 g/mol. The van der Waals surface area contributed by atoms with E-state index in [-0.39, 0.29) is 23.7 Å². The van der Waals surface area contributed by atoms with Gasteiger partial charge in [-0.25, -0.2) is 22.7 Å². The van der Waals surface area contributed by atoms with Crippen molar-refractivity contribution in [1.82, 2.24) is 19.5 Å². The Morgan fingerprint density at radius 1 is 0.918 bits per heavy atom. The third kappa shape index (κ3) is 7.87. The molecule has 0 aliphatic carbocycles. The Kier molecular flexibility index (Phi) is 11.2. The van der Waals surface area contributed by atoms with Gasteiger partial charge in [0.15, 0.2) is 0 Å². The molecule has 5 N–H and O–H groups in total. The van der Waals surface area contributed by atoms with Crippen molar-refractivity contribution in [3.63, 3.8) is 0 Å². The Labute approximate surface area is 287 Å². The lowest BCUT2D eigenvalue weighted by Gasteiger charge is -2.29. The number of rotatable bonds is 13. The van der Waals surface area contributed by atoms with E-state index in [4.69, 9.17) is 20.8 Å². The van der Waals surface area contributed by atoms with Gasteiger partial charge >= 0.3 is 6.09 Å². The number of nitrogen functional groups attached to an aromatic ring is 1. The second-order valence-electron chi connectivity index (χ2n) is 11.1. The number of aliphatic hydroxyl groups excluding tert-OH is 1. The van der Waals surface area contributed by atoms with Crippen molar-refractivity contribution in [1.29, 1.82) is 0 Å². The summed E-state index contributed by atoms with van der Waals surface area (Å²) in [7, 11) is -3.06. The highest BCUT2D eigenvalue weighted by atomic mass is 32.2. The summed E-state index contributed by atoms with van der Waals surface area (Å²) < 4.78 is 38.9. The van der Waals surface area contributed by atoms with Gasteiger partial charge in [-0.15, -0.1) is 11.3 Å². The van der Waals surface area contributed by atoms with Crippen LogP contribution >= 0.6 is 11.3 Å². The third-order valence-electron chi connectivity index (χ3n) is 8.01. The Hall–Kier alpha value is -4.93. The van der Waals surface area contributed by atoms with Crippen LogP contribution in [0.3, 0.4) is 0 Å². The van der Waals surface area contributed by atoms with E-state index in [0.717, 1.165) is 31.7 Å². The van der Waals surface area contributed by atoms with E-state index in [2.05, 4.69) is 10.3 Å². The van der Waals surface area contributed by atoms with Crippen molar-refractivity contribution in [2.75, 3.05) is 19.5 Å². The molecule has 5 aromatic rings. The number of nitrogens with two attached hydrogens (primary N) is 2. The number of ether oxygens (including phenoxy) is 1. The molecule has 0 saturated carbocycles. The molecular formula is C34H36N6O7S2. The van der Waals surface area contributed by atoms with E-state index >= 15 is 0 Å². The van der Waals surface area contributed by atoms with Gasteiger partial charge in [0.1, 0.15) is 11.4 Å². The van der Waals surface area contributed by atoms with Gasteiger partial charge in [0.2, 0.25) is 15.9 Å². The molecule has 256 valence electrons. The quantitative estimate of drug-likeness (QED) is 0.149. The predicted molar refractivity (Wildman–Crippen MR) is 182 cm³/mol. The van der Waals surface area contributed by atoms with E-state index < -0.39 is 46.6 Å². The lowest BCUT2D eigenvalue weighted by atomic mass is 9.85. The van der Waals surface area contributed by atoms with Crippen molar-refractivity contribution in [3.8, 4) is 0 Å². The standard InChI is InChI=1S/C34H36N6O7S2/c1-22-28(38-47-37-22)20-40(49(44,45)27-16-13-25(35)14-17-27)29(21-41)30-18-15-26(48-30)19-39(34(43)46-2)33(42)32(36)31(23-9-5-3-6-10-23)24-11-7-4-8-12-24/h3-18,29,31-32,41H,19-21,35-36H2,1-2H3/t29-,32+/m1/s1. The summed E-state index contributed by atoms with van der Waals surface area (Å²) in [6, 6.07) is 25.3. The molecule has 0 saturated heterocycles. The summed E-state index contributed by atoms with van der Waals surface area (Å²) >= 11 is 1.12. The number of aromatic nitrogens is 2. The molecule has 0 unspecified atom stereocenters. The van der Waals surface area contributed by atoms with Crippen molar-refractivity contribution < 1.29 is 32.5 Å². The molecule has 0 spiro atoms. The Morgan fingerprint density at radius 3 is 2.06 bits per heavy atom. The topological polar surface area (TPSA) is 195 Å². The first-order valence-electron chi connectivity index (χ1n) is 15.1. The molecule has 15 heteroatoms. The van der Waals surface area contributed by atoms with Crippen molar-refractivity contribution in [2.45, 2.75) is 42.9 Å². The summed E-state index contributed by atoms with van der Waals surface area (Å²) in [4.78, 5) is 28.9. The zero-order valence-electron chi connectivity index (χ0n) is 26.7. The van der Waals surface area contributed by atoms with Crippen LogP contribution in [0.25, 0.3) is 0 Å². The normalized spacial score (nSPS) is 12.9. The predicted octanol–water partition coefficient (Wildman–Crippen LogP) is 4.20. The van der Waals surface area contributed by atoms with Gasteiger partial charge in [-0.2, -0.15) is 4.31 Å². The molecule has 2 aromatic heterocycles. The Balaban J connectivity index is 1.46.